The van der Waals surface area contributed by atoms with Crippen LogP contribution in [0.3, 0.4) is 0 Å². The predicted octanol–water partition coefficient (Wildman–Crippen LogP) is 4.16. The van der Waals surface area contributed by atoms with E-state index in [4.69, 9.17) is 0 Å². The van der Waals surface area contributed by atoms with Crippen LogP contribution in [0.15, 0.2) is 48.5 Å². The molecule has 0 saturated heterocycles. The van der Waals surface area contributed by atoms with Gasteiger partial charge in [0.15, 0.2) is 0 Å². The van der Waals surface area contributed by atoms with Crippen LogP contribution in [0.2, 0.25) is 0 Å². The third kappa shape index (κ3) is 2.41. The Morgan fingerprint density at radius 2 is 1.77 bits per heavy atom. The number of nitrogens with zero attached hydrogens (tertiary/aromatic N) is 2. The Morgan fingerprint density at radius 3 is 2.41 bits per heavy atom. The van der Waals surface area contributed by atoms with Gasteiger partial charge in [0.2, 0.25) is 0 Å². The number of rotatable bonds is 1. The Kier molecular flexibility index (Phi) is 3.32. The number of imidazole rings is 1. The monoisotopic (exact) mass is 296 g/mol. The zero-order chi connectivity index (χ0) is 15.9. The lowest BCUT2D eigenvalue weighted by Crippen LogP contribution is -2.24. The van der Waals surface area contributed by atoms with Crippen molar-refractivity contribution in [3.8, 4) is 0 Å². The molecule has 0 fully saturated rings. The summed E-state index contributed by atoms with van der Waals surface area (Å²) in [6.45, 7) is 5.96. The predicted molar refractivity (Wildman–Crippen MR) is 84.6 cm³/mol. The van der Waals surface area contributed by atoms with Crippen LogP contribution in [0.5, 0.6) is 0 Å². The van der Waals surface area contributed by atoms with Crippen molar-refractivity contribution >= 4 is 16.9 Å². The van der Waals surface area contributed by atoms with Gasteiger partial charge in [-0.3, -0.25) is 9.36 Å². The molecule has 0 aliphatic carbocycles. The average molecular weight is 296 g/mol. The van der Waals surface area contributed by atoms with Crippen LogP contribution in [0.25, 0.3) is 11.0 Å². The number of hydrogen-bond donors (Lipinski definition) is 0. The van der Waals surface area contributed by atoms with E-state index in [2.05, 4.69) is 4.98 Å². The zero-order valence-electron chi connectivity index (χ0n) is 12.8. The summed E-state index contributed by atoms with van der Waals surface area (Å²) >= 11 is 0. The van der Waals surface area contributed by atoms with Crippen LogP contribution < -0.4 is 0 Å². The summed E-state index contributed by atoms with van der Waals surface area (Å²) in [6.07, 6.45) is 0. The minimum absolute atomic E-state index is 0.196. The third-order valence-corrected chi connectivity index (χ3v) is 3.51. The number of fused-ring (bicyclic) bond motifs is 1. The fraction of sp³-hybridized carbons (Fsp3) is 0.222. The molecule has 3 rings (SSSR count). The van der Waals surface area contributed by atoms with Crippen LogP contribution in [0, 0.1) is 5.82 Å². The van der Waals surface area contributed by atoms with E-state index >= 15 is 0 Å². The van der Waals surface area contributed by atoms with E-state index in [9.17, 15) is 9.18 Å². The minimum atomic E-state index is -0.380. The van der Waals surface area contributed by atoms with E-state index in [1.54, 1.807) is 18.2 Å². The number of hydrogen-bond acceptors (Lipinski definition) is 2. The first kappa shape index (κ1) is 14.4. The van der Waals surface area contributed by atoms with Gasteiger partial charge in [-0.1, -0.05) is 39.0 Å². The normalized spacial score (nSPS) is 11.8. The summed E-state index contributed by atoms with van der Waals surface area (Å²) in [5.41, 5.74) is 1.34. The average Bonchev–Trinajstić information content (AvgIpc) is 2.86. The van der Waals surface area contributed by atoms with Crippen LogP contribution in [-0.2, 0) is 5.41 Å². The number of carbonyl (C=O) groups excluding carboxylic acids is 1. The SMILES string of the molecule is CC(C)(C)c1nc2ccc(F)cc2n1C(=O)c1ccccc1. The van der Waals surface area contributed by atoms with Crippen molar-refractivity contribution in [1.29, 1.82) is 0 Å². The van der Waals surface area contributed by atoms with Crippen LogP contribution in [-0.4, -0.2) is 15.5 Å². The second-order valence-electron chi connectivity index (χ2n) is 6.33. The molecular weight excluding hydrogens is 279 g/mol. The van der Waals surface area contributed by atoms with Crippen molar-refractivity contribution < 1.29 is 9.18 Å². The van der Waals surface area contributed by atoms with Crippen molar-refractivity contribution in [2.75, 3.05) is 0 Å². The molecule has 0 aliphatic heterocycles. The van der Waals surface area contributed by atoms with Gasteiger partial charge in [-0.05, 0) is 24.3 Å². The minimum Gasteiger partial charge on any atom is -0.268 e. The maximum atomic E-state index is 13.6. The lowest BCUT2D eigenvalue weighted by Gasteiger charge is -2.19. The summed E-state index contributed by atoms with van der Waals surface area (Å²) in [7, 11) is 0. The van der Waals surface area contributed by atoms with Crippen LogP contribution in [0.4, 0.5) is 4.39 Å². The van der Waals surface area contributed by atoms with Gasteiger partial charge in [-0.2, -0.15) is 0 Å². The van der Waals surface area contributed by atoms with Gasteiger partial charge >= 0.3 is 0 Å². The van der Waals surface area contributed by atoms with E-state index < -0.39 is 0 Å². The number of carbonyl (C=O) groups is 1. The smallest absolute Gasteiger partial charge is 0.263 e. The molecule has 0 bridgehead atoms. The Bertz CT molecular complexity index is 845. The summed E-state index contributed by atoms with van der Waals surface area (Å²) in [5, 5.41) is 0. The molecule has 3 aromatic rings. The second kappa shape index (κ2) is 5.05. The molecule has 2 aromatic carbocycles. The summed E-state index contributed by atoms with van der Waals surface area (Å²) in [4.78, 5) is 17.4. The van der Waals surface area contributed by atoms with Gasteiger partial charge in [0.25, 0.3) is 5.91 Å². The van der Waals surface area contributed by atoms with Gasteiger partial charge in [0.1, 0.15) is 11.6 Å². The van der Waals surface area contributed by atoms with Crippen molar-refractivity contribution in [2.24, 2.45) is 0 Å². The number of halogens is 1. The van der Waals surface area contributed by atoms with Crippen molar-refractivity contribution in [3.63, 3.8) is 0 Å². The third-order valence-electron chi connectivity index (χ3n) is 3.51. The van der Waals surface area contributed by atoms with E-state index in [0.29, 0.717) is 22.4 Å². The molecule has 0 aliphatic rings. The highest BCUT2D eigenvalue weighted by atomic mass is 19.1. The Hall–Kier alpha value is -2.49. The van der Waals surface area contributed by atoms with Crippen LogP contribution in [0.1, 0.15) is 37.0 Å². The second-order valence-corrected chi connectivity index (χ2v) is 6.33. The molecular formula is C18H17FN2O. The fourth-order valence-corrected chi connectivity index (χ4v) is 2.47. The largest absolute Gasteiger partial charge is 0.268 e. The first-order valence-corrected chi connectivity index (χ1v) is 7.16. The Balaban J connectivity index is 2.30. The van der Waals surface area contributed by atoms with Crippen molar-refractivity contribution in [2.45, 2.75) is 26.2 Å². The van der Waals surface area contributed by atoms with Gasteiger partial charge in [-0.15, -0.1) is 0 Å². The highest BCUT2D eigenvalue weighted by molar-refractivity contribution is 6.01. The maximum Gasteiger partial charge on any atom is 0.263 e. The first-order valence-electron chi connectivity index (χ1n) is 7.16. The zero-order valence-corrected chi connectivity index (χ0v) is 12.8. The molecule has 0 N–H and O–H groups in total. The lowest BCUT2D eigenvalue weighted by molar-refractivity contribution is 0.0957. The van der Waals surface area contributed by atoms with Gasteiger partial charge < -0.3 is 0 Å². The number of benzene rings is 2. The lowest BCUT2D eigenvalue weighted by atomic mass is 9.95. The molecule has 1 aromatic heterocycles. The molecule has 0 saturated carbocycles. The van der Waals surface area contributed by atoms with Crippen molar-refractivity contribution in [1.82, 2.24) is 9.55 Å². The maximum absolute atomic E-state index is 13.6. The molecule has 0 radical (unpaired) electrons. The standard InChI is InChI=1S/C18H17FN2O/c1-18(2,3)17-20-14-10-9-13(19)11-15(14)21(17)16(22)12-7-5-4-6-8-12/h4-11H,1-3H3. The molecule has 1 heterocycles. The van der Waals surface area contributed by atoms with Crippen molar-refractivity contribution in [3.05, 3.63) is 65.7 Å². The molecule has 0 spiro atoms. The van der Waals surface area contributed by atoms with Gasteiger partial charge in [0, 0.05) is 17.0 Å². The summed E-state index contributed by atoms with van der Waals surface area (Å²) in [5.74, 6) is 0.0514. The molecule has 3 nitrogen and oxygen atoms in total. The Morgan fingerprint density at radius 1 is 1.09 bits per heavy atom. The molecule has 0 atom stereocenters. The van der Waals surface area contributed by atoms with E-state index in [1.807, 2.05) is 39.0 Å². The van der Waals surface area contributed by atoms with E-state index in [0.717, 1.165) is 0 Å². The highest BCUT2D eigenvalue weighted by Crippen LogP contribution is 2.27. The molecule has 112 valence electrons. The topological polar surface area (TPSA) is 34.9 Å². The molecule has 22 heavy (non-hydrogen) atoms. The first-order chi connectivity index (χ1) is 10.4. The van der Waals surface area contributed by atoms with Crippen LogP contribution >= 0.6 is 0 Å². The van der Waals surface area contributed by atoms with E-state index in [-0.39, 0.29) is 17.1 Å². The fourth-order valence-electron chi connectivity index (χ4n) is 2.47. The van der Waals surface area contributed by atoms with Gasteiger partial charge in [-0.25, -0.2) is 9.37 Å². The van der Waals surface area contributed by atoms with Gasteiger partial charge in [0.05, 0.1) is 11.0 Å². The van der Waals surface area contributed by atoms with E-state index in [1.165, 1.54) is 16.7 Å². The quantitative estimate of drug-likeness (QED) is 0.676. The number of aromatic nitrogens is 2. The highest BCUT2D eigenvalue weighted by Gasteiger charge is 2.26. The molecule has 4 heteroatoms. The molecule has 0 amide bonds. The Labute approximate surface area is 128 Å². The summed E-state index contributed by atoms with van der Waals surface area (Å²) in [6, 6.07) is 13.3. The summed E-state index contributed by atoms with van der Waals surface area (Å²) < 4.78 is 15.2. The molecule has 0 unspecified atom stereocenters.